The van der Waals surface area contributed by atoms with E-state index in [4.69, 9.17) is 24.7 Å². The van der Waals surface area contributed by atoms with Gasteiger partial charge in [0.05, 0.1) is 38.6 Å². The molecule has 2 aromatic carbocycles. The van der Waals surface area contributed by atoms with E-state index in [2.05, 4.69) is 6.92 Å². The lowest BCUT2D eigenvalue weighted by atomic mass is 9.84. The minimum Gasteiger partial charge on any atom is -0.493 e. The Morgan fingerprint density at radius 3 is 2.39 bits per heavy atom. The molecule has 11 heteroatoms. The van der Waals surface area contributed by atoms with Crippen LogP contribution in [-0.2, 0) is 16.8 Å². The summed E-state index contributed by atoms with van der Waals surface area (Å²) in [5.74, 6) is -1.07. The first kappa shape index (κ1) is 33.9. The number of hydrogen-bond acceptors (Lipinski definition) is 7. The third-order valence-corrected chi connectivity index (χ3v) is 6.89. The van der Waals surface area contributed by atoms with Gasteiger partial charge in [-0.1, -0.05) is 27.7 Å². The van der Waals surface area contributed by atoms with Crippen molar-refractivity contribution in [3.8, 4) is 17.2 Å². The highest BCUT2D eigenvalue weighted by Gasteiger charge is 2.33. The third-order valence-electron chi connectivity index (χ3n) is 6.89. The molecule has 41 heavy (non-hydrogen) atoms. The zero-order valence-electron chi connectivity index (χ0n) is 24.9. The Morgan fingerprint density at radius 1 is 1.15 bits per heavy atom. The Labute approximate surface area is 251 Å². The third kappa shape index (κ3) is 7.49. The number of anilines is 1. The molecule has 0 amide bonds. The molecule has 2 aromatic rings. The molecular formula is C30H41BrFN3O6. The maximum atomic E-state index is 15.2. The zero-order valence-corrected chi connectivity index (χ0v) is 26.6. The van der Waals surface area contributed by atoms with Crippen LogP contribution in [0.2, 0.25) is 0 Å². The molecule has 3 rings (SSSR count). The van der Waals surface area contributed by atoms with E-state index in [9.17, 15) is 9.59 Å². The van der Waals surface area contributed by atoms with Crippen molar-refractivity contribution in [2.24, 2.45) is 0 Å². The SMILES string of the molecule is Br.CCCN(C)c1cc(C(=O)CN2Cc3cc(OC)c(OC)c(F)c3C2=N)cc(C(C)(C)C)c1OCCCC(=O)O. The molecule has 9 nitrogen and oxygen atoms in total. The number of nitrogens with zero attached hydrogens (tertiary/aromatic N) is 2. The van der Waals surface area contributed by atoms with E-state index in [0.717, 1.165) is 24.2 Å². The Kier molecular flexibility index (Phi) is 11.6. The highest BCUT2D eigenvalue weighted by Crippen LogP contribution is 2.41. The van der Waals surface area contributed by atoms with Crippen molar-refractivity contribution in [2.75, 3.05) is 45.9 Å². The fourth-order valence-electron chi connectivity index (χ4n) is 4.84. The van der Waals surface area contributed by atoms with Crippen LogP contribution < -0.4 is 19.1 Å². The second-order valence-electron chi connectivity index (χ2n) is 11.0. The number of ketones is 1. The summed E-state index contributed by atoms with van der Waals surface area (Å²) in [6, 6.07) is 5.25. The molecule has 0 saturated heterocycles. The average Bonchev–Trinajstić information content (AvgIpc) is 3.20. The monoisotopic (exact) mass is 637 g/mol. The molecule has 0 radical (unpaired) electrons. The van der Waals surface area contributed by atoms with Gasteiger partial charge in [-0.05, 0) is 42.0 Å². The first-order chi connectivity index (χ1) is 18.8. The Bertz CT molecular complexity index is 1290. The maximum Gasteiger partial charge on any atom is 0.303 e. The van der Waals surface area contributed by atoms with Crippen LogP contribution in [0.5, 0.6) is 17.2 Å². The summed E-state index contributed by atoms with van der Waals surface area (Å²) in [7, 11) is 4.69. The molecule has 0 unspecified atom stereocenters. The predicted molar refractivity (Wildman–Crippen MR) is 162 cm³/mol. The lowest BCUT2D eigenvalue weighted by Crippen LogP contribution is -2.31. The number of hydrogen-bond donors (Lipinski definition) is 2. The number of carboxylic acids is 1. The largest absolute Gasteiger partial charge is 0.493 e. The smallest absolute Gasteiger partial charge is 0.303 e. The van der Waals surface area contributed by atoms with Gasteiger partial charge in [-0.25, -0.2) is 4.39 Å². The number of halogens is 2. The summed E-state index contributed by atoms with van der Waals surface area (Å²) in [6.07, 6.45) is 1.24. The van der Waals surface area contributed by atoms with Crippen molar-refractivity contribution in [1.82, 2.24) is 4.90 Å². The van der Waals surface area contributed by atoms with Gasteiger partial charge >= 0.3 is 5.97 Å². The number of carbonyl (C=O) groups is 2. The minimum atomic E-state index is -0.879. The first-order valence-corrected chi connectivity index (χ1v) is 13.4. The maximum absolute atomic E-state index is 15.2. The van der Waals surface area contributed by atoms with Crippen molar-refractivity contribution in [3.63, 3.8) is 0 Å². The van der Waals surface area contributed by atoms with E-state index in [1.807, 2.05) is 38.8 Å². The minimum absolute atomic E-state index is 0. The Morgan fingerprint density at radius 2 is 1.83 bits per heavy atom. The molecule has 1 aliphatic heterocycles. The number of nitrogens with one attached hydrogen (secondary N) is 1. The number of carboxylic acid groups (broad SMARTS) is 1. The number of aliphatic carboxylic acids is 1. The summed E-state index contributed by atoms with van der Waals surface area (Å²) >= 11 is 0. The zero-order chi connectivity index (χ0) is 29.8. The average molecular weight is 639 g/mol. The predicted octanol–water partition coefficient (Wildman–Crippen LogP) is 5.83. The Hall–Kier alpha value is -3.34. The summed E-state index contributed by atoms with van der Waals surface area (Å²) in [6.45, 7) is 9.18. The number of benzene rings is 2. The van der Waals surface area contributed by atoms with Crippen LogP contribution in [0, 0.1) is 11.2 Å². The summed E-state index contributed by atoms with van der Waals surface area (Å²) in [5.41, 5.74) is 2.30. The van der Waals surface area contributed by atoms with Crippen molar-refractivity contribution in [3.05, 3.63) is 46.3 Å². The lowest BCUT2D eigenvalue weighted by Gasteiger charge is -2.30. The van der Waals surface area contributed by atoms with Crippen molar-refractivity contribution in [1.29, 1.82) is 5.41 Å². The number of methoxy groups -OCH3 is 2. The van der Waals surface area contributed by atoms with Crippen LogP contribution in [0.15, 0.2) is 18.2 Å². The molecule has 0 fully saturated rings. The van der Waals surface area contributed by atoms with Crippen LogP contribution in [0.25, 0.3) is 0 Å². The summed E-state index contributed by atoms with van der Waals surface area (Å²) in [4.78, 5) is 28.2. The molecule has 0 atom stereocenters. The van der Waals surface area contributed by atoms with E-state index in [-0.39, 0.29) is 77.2 Å². The molecule has 226 valence electrons. The van der Waals surface area contributed by atoms with Gasteiger partial charge in [0, 0.05) is 37.7 Å². The van der Waals surface area contributed by atoms with Crippen LogP contribution in [0.4, 0.5) is 10.1 Å². The van der Waals surface area contributed by atoms with Gasteiger partial charge < -0.3 is 29.1 Å². The quantitative estimate of drug-likeness (QED) is 0.208. The van der Waals surface area contributed by atoms with Crippen molar-refractivity contribution >= 4 is 40.3 Å². The molecular weight excluding hydrogens is 597 g/mol. The highest BCUT2D eigenvalue weighted by molar-refractivity contribution is 8.93. The number of amidine groups is 1. The van der Waals surface area contributed by atoms with E-state index in [1.54, 1.807) is 12.1 Å². The molecule has 2 N–H and O–H groups in total. The molecule has 0 aromatic heterocycles. The highest BCUT2D eigenvalue weighted by atomic mass is 79.9. The molecule has 1 heterocycles. The molecule has 0 spiro atoms. The molecule has 0 bridgehead atoms. The van der Waals surface area contributed by atoms with E-state index in [0.29, 0.717) is 23.3 Å². The lowest BCUT2D eigenvalue weighted by molar-refractivity contribution is -0.137. The number of Topliss-reactive ketones (excluding diaryl/α,β-unsaturated/α-hetero) is 1. The van der Waals surface area contributed by atoms with Gasteiger partial charge in [0.15, 0.2) is 23.1 Å². The Balaban J connectivity index is 0.00000588. The number of ether oxygens (including phenoxy) is 3. The first-order valence-electron chi connectivity index (χ1n) is 13.4. The van der Waals surface area contributed by atoms with Gasteiger partial charge in [-0.3, -0.25) is 15.0 Å². The van der Waals surface area contributed by atoms with Gasteiger partial charge in [-0.2, -0.15) is 0 Å². The summed E-state index contributed by atoms with van der Waals surface area (Å²) in [5, 5.41) is 17.6. The second-order valence-corrected chi connectivity index (χ2v) is 11.0. The fraction of sp³-hybridized carbons (Fsp3) is 0.500. The van der Waals surface area contributed by atoms with Crippen molar-refractivity contribution in [2.45, 2.75) is 58.9 Å². The van der Waals surface area contributed by atoms with Gasteiger partial charge in [-0.15, -0.1) is 17.0 Å². The van der Waals surface area contributed by atoms with Crippen LogP contribution in [0.3, 0.4) is 0 Å². The molecule has 0 aliphatic carbocycles. The summed E-state index contributed by atoms with van der Waals surface area (Å²) < 4.78 is 31.8. The normalized spacial score (nSPS) is 12.5. The van der Waals surface area contributed by atoms with Crippen LogP contribution >= 0.6 is 17.0 Å². The van der Waals surface area contributed by atoms with Gasteiger partial charge in [0.1, 0.15) is 11.6 Å². The van der Waals surface area contributed by atoms with Gasteiger partial charge in [0.25, 0.3) is 0 Å². The van der Waals surface area contributed by atoms with E-state index in [1.165, 1.54) is 19.1 Å². The fourth-order valence-corrected chi connectivity index (χ4v) is 4.84. The molecule has 1 aliphatic rings. The van der Waals surface area contributed by atoms with E-state index < -0.39 is 11.8 Å². The molecule has 0 saturated carbocycles. The number of fused-ring (bicyclic) bond motifs is 1. The standard InChI is InChI=1S/C30H40FN3O6.BrH/c1-8-11-33(5)21-14-18(13-20(30(2,3)4)27(21)40-12-9-10-24(36)37)22(35)17-34-16-19-15-23(38-6)28(39-7)26(31)25(19)29(34)32;/h13-15,32H,8-12,16-17H2,1-7H3,(H,36,37);1H. The topological polar surface area (TPSA) is 112 Å². The van der Waals surface area contributed by atoms with Gasteiger partial charge in [0.2, 0.25) is 0 Å². The van der Waals surface area contributed by atoms with Crippen molar-refractivity contribution < 1.29 is 33.3 Å². The van der Waals surface area contributed by atoms with E-state index >= 15 is 4.39 Å². The number of carbonyl (C=O) groups excluding carboxylic acids is 1. The number of rotatable bonds is 13. The van der Waals surface area contributed by atoms with Crippen LogP contribution in [-0.4, -0.2) is 68.6 Å². The second kappa shape index (κ2) is 14.0. The van der Waals surface area contributed by atoms with Crippen LogP contribution in [0.1, 0.15) is 74.0 Å².